The third kappa shape index (κ3) is 4.13. The fraction of sp³-hybridized carbons (Fsp3) is 0.200. The number of halogens is 1. The lowest BCUT2D eigenvalue weighted by atomic mass is 10.2. The molecule has 7 nitrogen and oxygen atoms in total. The first-order valence-corrected chi connectivity index (χ1v) is 9.31. The van der Waals surface area contributed by atoms with E-state index in [-0.39, 0.29) is 0 Å². The normalized spacial score (nSPS) is 13.9. The molecule has 140 valence electrons. The summed E-state index contributed by atoms with van der Waals surface area (Å²) in [5, 5.41) is 21.1. The molecule has 1 aromatic heterocycles. The van der Waals surface area contributed by atoms with Crippen molar-refractivity contribution < 1.29 is 0 Å². The molecule has 0 spiro atoms. The van der Waals surface area contributed by atoms with Gasteiger partial charge in [0.25, 0.3) is 0 Å². The van der Waals surface area contributed by atoms with E-state index in [2.05, 4.69) is 42.4 Å². The quantitative estimate of drug-likeness (QED) is 0.729. The Balaban J connectivity index is 1.41. The summed E-state index contributed by atoms with van der Waals surface area (Å²) in [6.45, 7) is 3.32. The molecular weight excluding hydrogens is 374 g/mol. The summed E-state index contributed by atoms with van der Waals surface area (Å²) in [5.74, 6) is 1.22. The van der Waals surface area contributed by atoms with Crippen molar-refractivity contribution in [3.63, 3.8) is 0 Å². The number of hydrogen-bond donors (Lipinski definition) is 1. The van der Waals surface area contributed by atoms with E-state index in [1.165, 1.54) is 0 Å². The summed E-state index contributed by atoms with van der Waals surface area (Å²) >= 11 is 6.10. The number of nitriles is 1. The molecule has 0 amide bonds. The number of rotatable bonds is 4. The molecule has 1 saturated heterocycles. The molecule has 0 radical (unpaired) electrons. The van der Waals surface area contributed by atoms with Gasteiger partial charge in [0.1, 0.15) is 0 Å². The standard InChI is InChI=1S/C20H18ClN7/c21-16-2-1-3-18(12-16)27-8-10-28(11-9-27)20-25-19(14-23-26-20)24-17-6-4-15(13-22)5-7-17/h1-7,12,14H,8-11H2,(H,24,25,26). The Labute approximate surface area is 168 Å². The van der Waals surface area contributed by atoms with Gasteiger partial charge < -0.3 is 15.1 Å². The van der Waals surface area contributed by atoms with E-state index < -0.39 is 0 Å². The van der Waals surface area contributed by atoms with Gasteiger partial charge in [-0.25, -0.2) is 0 Å². The lowest BCUT2D eigenvalue weighted by molar-refractivity contribution is 0.635. The fourth-order valence-electron chi connectivity index (χ4n) is 3.10. The van der Waals surface area contributed by atoms with E-state index >= 15 is 0 Å². The van der Waals surface area contributed by atoms with Crippen LogP contribution in [0.15, 0.2) is 54.7 Å². The molecule has 0 bridgehead atoms. The van der Waals surface area contributed by atoms with E-state index in [1.54, 1.807) is 18.3 Å². The molecule has 1 aliphatic heterocycles. The minimum absolute atomic E-state index is 0.601. The SMILES string of the molecule is N#Cc1ccc(Nc2cnnc(N3CCN(c4cccc(Cl)c4)CC3)n2)cc1. The fourth-order valence-corrected chi connectivity index (χ4v) is 3.29. The Morgan fingerprint density at radius 3 is 2.46 bits per heavy atom. The zero-order valence-electron chi connectivity index (χ0n) is 15.1. The second-order valence-corrected chi connectivity index (χ2v) is 6.85. The minimum Gasteiger partial charge on any atom is -0.368 e. The van der Waals surface area contributed by atoms with Gasteiger partial charge in [0, 0.05) is 42.6 Å². The summed E-state index contributed by atoms with van der Waals surface area (Å²) in [7, 11) is 0. The molecule has 0 aliphatic carbocycles. The van der Waals surface area contributed by atoms with Crippen molar-refractivity contribution in [2.75, 3.05) is 41.3 Å². The van der Waals surface area contributed by atoms with Gasteiger partial charge in [-0.2, -0.15) is 15.3 Å². The van der Waals surface area contributed by atoms with Crippen molar-refractivity contribution in [2.45, 2.75) is 0 Å². The zero-order valence-corrected chi connectivity index (χ0v) is 15.8. The molecule has 2 heterocycles. The van der Waals surface area contributed by atoms with Gasteiger partial charge >= 0.3 is 0 Å². The predicted octanol–water partition coefficient (Wildman–Crippen LogP) is 3.47. The average molecular weight is 392 g/mol. The number of hydrogen-bond acceptors (Lipinski definition) is 7. The van der Waals surface area contributed by atoms with Crippen LogP contribution in [0.2, 0.25) is 5.02 Å². The van der Waals surface area contributed by atoms with Crippen LogP contribution >= 0.6 is 11.6 Å². The van der Waals surface area contributed by atoms with Crippen LogP contribution < -0.4 is 15.1 Å². The topological polar surface area (TPSA) is 81.0 Å². The van der Waals surface area contributed by atoms with Crippen LogP contribution in [0.3, 0.4) is 0 Å². The first kappa shape index (κ1) is 18.0. The van der Waals surface area contributed by atoms with Crippen molar-refractivity contribution in [1.29, 1.82) is 5.26 Å². The first-order chi connectivity index (χ1) is 13.7. The molecule has 0 unspecified atom stereocenters. The number of anilines is 4. The lowest BCUT2D eigenvalue weighted by Gasteiger charge is -2.36. The second-order valence-electron chi connectivity index (χ2n) is 6.41. The van der Waals surface area contributed by atoms with E-state index in [0.717, 1.165) is 42.6 Å². The molecule has 8 heteroatoms. The maximum atomic E-state index is 8.89. The number of aromatic nitrogens is 3. The third-order valence-electron chi connectivity index (χ3n) is 4.57. The van der Waals surface area contributed by atoms with Crippen molar-refractivity contribution in [2.24, 2.45) is 0 Å². The minimum atomic E-state index is 0.601. The van der Waals surface area contributed by atoms with Gasteiger partial charge in [-0.05, 0) is 42.5 Å². The van der Waals surface area contributed by atoms with Crippen LogP contribution in [-0.4, -0.2) is 41.4 Å². The number of benzene rings is 2. The number of nitrogens with zero attached hydrogens (tertiary/aromatic N) is 6. The van der Waals surface area contributed by atoms with E-state index in [4.69, 9.17) is 16.9 Å². The molecule has 28 heavy (non-hydrogen) atoms. The van der Waals surface area contributed by atoms with Crippen molar-refractivity contribution in [3.8, 4) is 6.07 Å². The zero-order chi connectivity index (χ0) is 19.3. The molecule has 3 aromatic rings. The summed E-state index contributed by atoms with van der Waals surface area (Å²) in [4.78, 5) is 9.01. The highest BCUT2D eigenvalue weighted by molar-refractivity contribution is 6.30. The van der Waals surface area contributed by atoms with Gasteiger partial charge in [-0.1, -0.05) is 17.7 Å². The van der Waals surface area contributed by atoms with Gasteiger partial charge in [0.05, 0.1) is 17.8 Å². The van der Waals surface area contributed by atoms with Crippen molar-refractivity contribution in [1.82, 2.24) is 15.2 Å². The molecular formula is C20H18ClN7. The summed E-state index contributed by atoms with van der Waals surface area (Å²) in [6, 6.07) is 17.2. The Hall–Kier alpha value is -3.37. The highest BCUT2D eigenvalue weighted by Gasteiger charge is 2.20. The Kier molecular flexibility index (Phi) is 5.22. The summed E-state index contributed by atoms with van der Waals surface area (Å²) in [5.41, 5.74) is 2.59. The second kappa shape index (κ2) is 8.11. The van der Waals surface area contributed by atoms with E-state index in [1.807, 2.05) is 30.3 Å². The van der Waals surface area contributed by atoms with Crippen molar-refractivity contribution >= 4 is 34.7 Å². The average Bonchev–Trinajstić information content (AvgIpc) is 2.75. The van der Waals surface area contributed by atoms with Gasteiger partial charge in [-0.15, -0.1) is 5.10 Å². The number of piperazine rings is 1. The summed E-state index contributed by atoms with van der Waals surface area (Å²) < 4.78 is 0. The molecule has 4 rings (SSSR count). The van der Waals surface area contributed by atoms with Crippen LogP contribution in [-0.2, 0) is 0 Å². The molecule has 2 aromatic carbocycles. The Morgan fingerprint density at radius 1 is 1.00 bits per heavy atom. The van der Waals surface area contributed by atoms with Crippen LogP contribution in [0.4, 0.5) is 23.1 Å². The molecule has 0 saturated carbocycles. The number of nitrogens with one attached hydrogen (secondary N) is 1. The van der Waals surface area contributed by atoms with Gasteiger partial charge in [-0.3, -0.25) is 0 Å². The smallest absolute Gasteiger partial charge is 0.247 e. The van der Waals surface area contributed by atoms with Gasteiger partial charge in [0.2, 0.25) is 5.95 Å². The van der Waals surface area contributed by atoms with Gasteiger partial charge in [0.15, 0.2) is 5.82 Å². The molecule has 1 aliphatic rings. The van der Waals surface area contributed by atoms with Crippen molar-refractivity contribution in [3.05, 3.63) is 65.3 Å². The van der Waals surface area contributed by atoms with E-state index in [0.29, 0.717) is 17.3 Å². The predicted molar refractivity (Wildman–Crippen MR) is 110 cm³/mol. The third-order valence-corrected chi connectivity index (χ3v) is 4.81. The lowest BCUT2D eigenvalue weighted by Crippen LogP contribution is -2.47. The van der Waals surface area contributed by atoms with Crippen LogP contribution in [0.25, 0.3) is 0 Å². The monoisotopic (exact) mass is 391 g/mol. The maximum Gasteiger partial charge on any atom is 0.247 e. The van der Waals surface area contributed by atoms with Crippen LogP contribution in [0.1, 0.15) is 5.56 Å². The Morgan fingerprint density at radius 2 is 1.75 bits per heavy atom. The highest BCUT2D eigenvalue weighted by Crippen LogP contribution is 2.22. The van der Waals surface area contributed by atoms with Crippen LogP contribution in [0, 0.1) is 11.3 Å². The first-order valence-electron chi connectivity index (χ1n) is 8.94. The highest BCUT2D eigenvalue weighted by atomic mass is 35.5. The van der Waals surface area contributed by atoms with Crippen LogP contribution in [0.5, 0.6) is 0 Å². The summed E-state index contributed by atoms with van der Waals surface area (Å²) in [6.07, 6.45) is 1.59. The molecule has 1 fully saturated rings. The van der Waals surface area contributed by atoms with E-state index in [9.17, 15) is 0 Å². The maximum absolute atomic E-state index is 8.89. The molecule has 0 atom stereocenters. The Bertz CT molecular complexity index is 992. The molecule has 1 N–H and O–H groups in total. The largest absolute Gasteiger partial charge is 0.368 e.